The van der Waals surface area contributed by atoms with Crippen molar-refractivity contribution in [1.82, 2.24) is 10.6 Å². The van der Waals surface area contributed by atoms with Crippen molar-refractivity contribution >= 4 is 35.0 Å². The summed E-state index contributed by atoms with van der Waals surface area (Å²) in [6.07, 6.45) is 0.632. The van der Waals surface area contributed by atoms with Crippen LogP contribution in [0.1, 0.15) is 11.1 Å². The molecule has 0 saturated heterocycles. The molecule has 0 radical (unpaired) electrons. The average molecular weight is 351 g/mol. The van der Waals surface area contributed by atoms with Crippen molar-refractivity contribution in [1.29, 1.82) is 0 Å². The third-order valence-electron chi connectivity index (χ3n) is 3.19. The summed E-state index contributed by atoms with van der Waals surface area (Å²) in [6, 6.07) is 14.4. The highest BCUT2D eigenvalue weighted by Crippen LogP contribution is 2.10. The number of nitrogens with one attached hydrogen (secondary N) is 2. The summed E-state index contributed by atoms with van der Waals surface area (Å²) in [4.78, 5) is 23.4. The molecule has 0 aliphatic carbocycles. The van der Waals surface area contributed by atoms with E-state index in [0.29, 0.717) is 23.0 Å². The Hall–Kier alpha value is -2.04. The van der Waals surface area contributed by atoms with Crippen LogP contribution in [0.5, 0.6) is 0 Å². The van der Waals surface area contributed by atoms with Crippen LogP contribution >= 0.6 is 23.2 Å². The van der Waals surface area contributed by atoms with Gasteiger partial charge in [0.25, 0.3) is 0 Å². The van der Waals surface area contributed by atoms with Gasteiger partial charge < -0.3 is 10.6 Å². The van der Waals surface area contributed by atoms with E-state index in [0.717, 1.165) is 11.1 Å². The van der Waals surface area contributed by atoms with Crippen molar-refractivity contribution in [3.63, 3.8) is 0 Å². The van der Waals surface area contributed by atoms with Crippen LogP contribution in [0.25, 0.3) is 0 Å². The topological polar surface area (TPSA) is 58.2 Å². The third kappa shape index (κ3) is 5.93. The highest BCUT2D eigenvalue weighted by molar-refractivity contribution is 6.35. The molecule has 0 fully saturated rings. The lowest BCUT2D eigenvalue weighted by Gasteiger charge is -2.07. The van der Waals surface area contributed by atoms with E-state index in [9.17, 15) is 9.59 Å². The van der Waals surface area contributed by atoms with Crippen molar-refractivity contribution in [2.24, 2.45) is 0 Å². The second kappa shape index (κ2) is 8.56. The van der Waals surface area contributed by atoms with Gasteiger partial charge in [0.1, 0.15) is 0 Å². The number of carbonyl (C=O) groups is 2. The molecular weight excluding hydrogens is 335 g/mol. The van der Waals surface area contributed by atoms with Crippen LogP contribution < -0.4 is 10.6 Å². The van der Waals surface area contributed by atoms with E-state index in [-0.39, 0.29) is 6.54 Å². The van der Waals surface area contributed by atoms with Crippen LogP contribution in [0.15, 0.2) is 48.5 Å². The molecule has 2 N–H and O–H groups in total. The molecule has 0 heterocycles. The highest BCUT2D eigenvalue weighted by atomic mass is 35.5. The van der Waals surface area contributed by atoms with E-state index in [4.69, 9.17) is 23.2 Å². The van der Waals surface area contributed by atoms with Gasteiger partial charge in [-0.1, -0.05) is 47.5 Å². The van der Waals surface area contributed by atoms with E-state index in [1.54, 1.807) is 36.4 Å². The van der Waals surface area contributed by atoms with Crippen LogP contribution in [-0.4, -0.2) is 18.4 Å². The lowest BCUT2D eigenvalue weighted by molar-refractivity contribution is -0.139. The van der Waals surface area contributed by atoms with Gasteiger partial charge in [-0.05, 0) is 41.8 Å². The number of benzene rings is 2. The Morgan fingerprint density at radius 3 is 1.78 bits per heavy atom. The molecule has 4 nitrogen and oxygen atoms in total. The molecule has 0 aliphatic rings. The Kier molecular flexibility index (Phi) is 6.44. The van der Waals surface area contributed by atoms with Crippen LogP contribution in [-0.2, 0) is 22.6 Å². The SMILES string of the molecule is O=C(NCCc1ccc(Cl)cc1)C(=O)NCc1ccc(Cl)cc1. The van der Waals surface area contributed by atoms with Crippen molar-refractivity contribution in [3.05, 3.63) is 69.7 Å². The summed E-state index contributed by atoms with van der Waals surface area (Å²) >= 11 is 11.6. The number of rotatable bonds is 5. The predicted octanol–water partition coefficient (Wildman–Crippen LogP) is 2.97. The van der Waals surface area contributed by atoms with Gasteiger partial charge in [-0.2, -0.15) is 0 Å². The maximum Gasteiger partial charge on any atom is 0.309 e. The van der Waals surface area contributed by atoms with Gasteiger partial charge in [-0.25, -0.2) is 0 Å². The molecule has 0 atom stereocenters. The third-order valence-corrected chi connectivity index (χ3v) is 3.69. The van der Waals surface area contributed by atoms with Gasteiger partial charge in [-0.15, -0.1) is 0 Å². The maximum atomic E-state index is 11.7. The van der Waals surface area contributed by atoms with Gasteiger partial charge >= 0.3 is 11.8 Å². The van der Waals surface area contributed by atoms with E-state index < -0.39 is 11.8 Å². The van der Waals surface area contributed by atoms with Gasteiger partial charge in [0.2, 0.25) is 0 Å². The normalized spacial score (nSPS) is 10.2. The first-order valence-electron chi connectivity index (χ1n) is 7.09. The van der Waals surface area contributed by atoms with Crippen LogP contribution in [0.2, 0.25) is 10.0 Å². The Morgan fingerprint density at radius 2 is 1.22 bits per heavy atom. The van der Waals surface area contributed by atoms with Crippen molar-refractivity contribution in [3.8, 4) is 0 Å². The fraction of sp³-hybridized carbons (Fsp3) is 0.176. The van der Waals surface area contributed by atoms with Crippen LogP contribution in [0.4, 0.5) is 0 Å². The number of halogens is 2. The molecule has 120 valence electrons. The molecule has 0 bridgehead atoms. The number of amides is 2. The minimum absolute atomic E-state index is 0.278. The lowest BCUT2D eigenvalue weighted by atomic mass is 10.1. The van der Waals surface area contributed by atoms with Gasteiger partial charge in [-0.3, -0.25) is 9.59 Å². The Bertz CT molecular complexity index is 670. The second-order valence-electron chi connectivity index (χ2n) is 4.94. The first-order chi connectivity index (χ1) is 11.0. The second-order valence-corrected chi connectivity index (χ2v) is 5.81. The zero-order valence-electron chi connectivity index (χ0n) is 12.3. The largest absolute Gasteiger partial charge is 0.348 e. The summed E-state index contributed by atoms with van der Waals surface area (Å²) in [5.74, 6) is -1.30. The lowest BCUT2D eigenvalue weighted by Crippen LogP contribution is -2.40. The van der Waals surface area contributed by atoms with Crippen LogP contribution in [0.3, 0.4) is 0 Å². The van der Waals surface area contributed by atoms with E-state index >= 15 is 0 Å². The standard InChI is InChI=1S/C17H16Cl2N2O2/c18-14-5-1-12(2-6-14)9-10-20-16(22)17(23)21-11-13-3-7-15(19)8-4-13/h1-8H,9-11H2,(H,20,22)(H,21,23). The fourth-order valence-corrected chi connectivity index (χ4v) is 2.17. The minimum atomic E-state index is -0.656. The summed E-state index contributed by atoms with van der Waals surface area (Å²) in [7, 11) is 0. The molecular formula is C17H16Cl2N2O2. The van der Waals surface area contributed by atoms with Crippen molar-refractivity contribution < 1.29 is 9.59 Å². The molecule has 0 saturated carbocycles. The molecule has 23 heavy (non-hydrogen) atoms. The first-order valence-corrected chi connectivity index (χ1v) is 7.85. The maximum absolute atomic E-state index is 11.7. The van der Waals surface area contributed by atoms with Crippen molar-refractivity contribution in [2.75, 3.05) is 6.54 Å². The Balaban J connectivity index is 1.71. The molecule has 2 amide bonds. The fourth-order valence-electron chi connectivity index (χ4n) is 1.92. The predicted molar refractivity (Wildman–Crippen MR) is 91.5 cm³/mol. The van der Waals surface area contributed by atoms with Gasteiger partial charge in [0.15, 0.2) is 0 Å². The summed E-state index contributed by atoms with van der Waals surface area (Å²) < 4.78 is 0. The molecule has 6 heteroatoms. The number of hydrogen-bond donors (Lipinski definition) is 2. The molecule has 2 aromatic rings. The van der Waals surface area contributed by atoms with Crippen LogP contribution in [0, 0.1) is 0 Å². The summed E-state index contributed by atoms with van der Waals surface area (Å²) in [6.45, 7) is 0.662. The van der Waals surface area contributed by atoms with E-state index in [1.807, 2.05) is 12.1 Å². The monoisotopic (exact) mass is 350 g/mol. The molecule has 2 aromatic carbocycles. The zero-order chi connectivity index (χ0) is 16.7. The number of hydrogen-bond acceptors (Lipinski definition) is 2. The first kappa shape index (κ1) is 17.3. The smallest absolute Gasteiger partial charge is 0.309 e. The van der Waals surface area contributed by atoms with Gasteiger partial charge in [0.05, 0.1) is 0 Å². The molecule has 0 unspecified atom stereocenters. The molecule has 2 rings (SSSR count). The molecule has 0 aliphatic heterocycles. The minimum Gasteiger partial charge on any atom is -0.348 e. The zero-order valence-corrected chi connectivity index (χ0v) is 13.8. The quantitative estimate of drug-likeness (QED) is 0.814. The summed E-state index contributed by atoms with van der Waals surface area (Å²) in [5.41, 5.74) is 1.91. The van der Waals surface area contributed by atoms with Gasteiger partial charge in [0, 0.05) is 23.1 Å². The highest BCUT2D eigenvalue weighted by Gasteiger charge is 2.12. The average Bonchev–Trinajstić information content (AvgIpc) is 2.55. The van der Waals surface area contributed by atoms with E-state index in [2.05, 4.69) is 10.6 Å². The summed E-state index contributed by atoms with van der Waals surface area (Å²) in [5, 5.41) is 6.44. The van der Waals surface area contributed by atoms with E-state index in [1.165, 1.54) is 0 Å². The molecule has 0 spiro atoms. The molecule has 0 aromatic heterocycles. The van der Waals surface area contributed by atoms with Crippen molar-refractivity contribution in [2.45, 2.75) is 13.0 Å². The number of carbonyl (C=O) groups excluding carboxylic acids is 2. The Morgan fingerprint density at radius 1 is 0.739 bits per heavy atom. The Labute approximate surface area is 144 Å².